The normalized spacial score (nSPS) is 26.9. The summed E-state index contributed by atoms with van der Waals surface area (Å²) in [6.45, 7) is 1.06. The van der Waals surface area contributed by atoms with Crippen LogP contribution in [0.3, 0.4) is 0 Å². The minimum Gasteiger partial charge on any atom is -0.289 e. The third-order valence-corrected chi connectivity index (χ3v) is 2.30. The van der Waals surface area contributed by atoms with E-state index < -0.39 is 0 Å². The quantitative estimate of drug-likeness (QED) is 0.502. The predicted molar refractivity (Wildman–Crippen MR) is 37.0 cm³/mol. The second kappa shape index (κ2) is 2.05. The van der Waals surface area contributed by atoms with Crippen molar-refractivity contribution in [2.45, 2.75) is 25.7 Å². The molecule has 0 saturated heterocycles. The number of rotatable bonds is 1. The molecule has 0 amide bonds. The first kappa shape index (κ1) is 5.33. The van der Waals surface area contributed by atoms with E-state index in [4.69, 9.17) is 0 Å². The molecule has 0 aromatic carbocycles. The molecule has 2 rings (SSSR count). The molecule has 0 atom stereocenters. The van der Waals surface area contributed by atoms with Crippen LogP contribution in [0.1, 0.15) is 25.7 Å². The smallest absolute Gasteiger partial charge is 0.0427 e. The van der Waals surface area contributed by atoms with Crippen molar-refractivity contribution in [1.82, 2.24) is 5.32 Å². The zero-order valence-electron chi connectivity index (χ0n) is 5.64. The highest BCUT2D eigenvalue weighted by Crippen LogP contribution is 2.33. The fourth-order valence-electron chi connectivity index (χ4n) is 1.47. The summed E-state index contributed by atoms with van der Waals surface area (Å²) in [6.07, 6.45) is 7.73. The summed E-state index contributed by atoms with van der Waals surface area (Å²) in [5.41, 5.74) is 1.42. The Morgan fingerprint density at radius 1 is 1.44 bits per heavy atom. The minimum absolute atomic E-state index is 0.868. The van der Waals surface area contributed by atoms with E-state index in [2.05, 4.69) is 11.4 Å². The van der Waals surface area contributed by atoms with Gasteiger partial charge in [-0.25, -0.2) is 0 Å². The topological polar surface area (TPSA) is 14.1 Å². The van der Waals surface area contributed by atoms with Gasteiger partial charge in [-0.2, -0.15) is 0 Å². The van der Waals surface area contributed by atoms with Crippen LogP contribution >= 0.6 is 0 Å². The molecule has 1 aliphatic carbocycles. The molecule has 0 aromatic heterocycles. The lowest BCUT2D eigenvalue weighted by atomic mass is 9.83. The average Bonchev–Trinajstić information content (AvgIpc) is 2.11. The van der Waals surface area contributed by atoms with E-state index in [0.29, 0.717) is 0 Å². The van der Waals surface area contributed by atoms with Crippen LogP contribution in [0.2, 0.25) is 0 Å². The fraction of sp³-hybridized carbons (Fsp3) is 0.750. The summed E-state index contributed by atoms with van der Waals surface area (Å²) in [6, 6.07) is 0. The molecule has 0 N–H and O–H groups in total. The molecule has 1 aliphatic heterocycles. The molecule has 2 aliphatic rings. The minimum atomic E-state index is 0.868. The largest absolute Gasteiger partial charge is 0.289 e. The average molecular weight is 122 g/mol. The highest BCUT2D eigenvalue weighted by atomic mass is 14.9. The van der Waals surface area contributed by atoms with Gasteiger partial charge in [0.2, 0.25) is 0 Å². The van der Waals surface area contributed by atoms with Gasteiger partial charge in [-0.3, -0.25) is 5.32 Å². The van der Waals surface area contributed by atoms with Gasteiger partial charge >= 0.3 is 0 Å². The third-order valence-electron chi connectivity index (χ3n) is 2.30. The maximum atomic E-state index is 4.42. The number of nitrogens with zero attached hydrogens (tertiary/aromatic N) is 1. The number of allylic oxidation sites excluding steroid dienone is 1. The summed E-state index contributed by atoms with van der Waals surface area (Å²) >= 11 is 0. The Labute approximate surface area is 56.1 Å². The van der Waals surface area contributed by atoms with Crippen molar-refractivity contribution in [3.8, 4) is 0 Å². The Balaban J connectivity index is 1.95. The molecule has 0 spiro atoms. The van der Waals surface area contributed by atoms with Crippen molar-refractivity contribution in [1.29, 1.82) is 0 Å². The number of hydrogen-bond donors (Lipinski definition) is 0. The molecule has 1 heteroatoms. The lowest BCUT2D eigenvalue weighted by Crippen LogP contribution is -2.17. The first-order valence-corrected chi connectivity index (χ1v) is 3.84. The SMILES string of the molecule is C1=C(C2CCC2)[N]CC1. The summed E-state index contributed by atoms with van der Waals surface area (Å²) in [4.78, 5) is 0. The van der Waals surface area contributed by atoms with E-state index in [1.807, 2.05) is 0 Å². The fourth-order valence-corrected chi connectivity index (χ4v) is 1.47. The first-order chi connectivity index (χ1) is 4.47. The molecule has 0 bridgehead atoms. The standard InChI is InChI=1S/C8H12N/c1-3-7(4-1)8-5-2-6-9-8/h5,7H,1-4,6H2. The van der Waals surface area contributed by atoms with Crippen molar-refractivity contribution in [3.05, 3.63) is 11.8 Å². The van der Waals surface area contributed by atoms with E-state index in [9.17, 15) is 0 Å². The van der Waals surface area contributed by atoms with Crippen LogP contribution in [-0.4, -0.2) is 6.54 Å². The van der Waals surface area contributed by atoms with Crippen molar-refractivity contribution >= 4 is 0 Å². The molecule has 9 heavy (non-hydrogen) atoms. The van der Waals surface area contributed by atoms with E-state index in [0.717, 1.165) is 12.5 Å². The maximum absolute atomic E-state index is 4.42. The molecule has 1 nitrogen and oxygen atoms in total. The van der Waals surface area contributed by atoms with Crippen molar-refractivity contribution in [3.63, 3.8) is 0 Å². The van der Waals surface area contributed by atoms with Crippen LogP contribution < -0.4 is 5.32 Å². The summed E-state index contributed by atoms with van der Waals surface area (Å²) in [5, 5.41) is 4.42. The van der Waals surface area contributed by atoms with E-state index in [1.165, 1.54) is 31.4 Å². The summed E-state index contributed by atoms with van der Waals surface area (Å²) < 4.78 is 0. The van der Waals surface area contributed by atoms with Crippen LogP contribution in [0.5, 0.6) is 0 Å². The molecular formula is C8H12N. The molecule has 1 saturated carbocycles. The number of hydrogen-bond acceptors (Lipinski definition) is 0. The van der Waals surface area contributed by atoms with Gasteiger partial charge in [0.05, 0.1) is 0 Å². The molecule has 1 fully saturated rings. The monoisotopic (exact) mass is 122 g/mol. The van der Waals surface area contributed by atoms with Gasteiger partial charge in [-0.1, -0.05) is 12.5 Å². The Hall–Kier alpha value is -0.460. The van der Waals surface area contributed by atoms with Crippen LogP contribution in [0.25, 0.3) is 0 Å². The highest BCUT2D eigenvalue weighted by Gasteiger charge is 2.23. The van der Waals surface area contributed by atoms with Gasteiger partial charge < -0.3 is 0 Å². The Bertz CT molecular complexity index is 134. The Kier molecular flexibility index (Phi) is 1.22. The summed E-state index contributed by atoms with van der Waals surface area (Å²) in [7, 11) is 0. The molecular weight excluding hydrogens is 110 g/mol. The van der Waals surface area contributed by atoms with E-state index in [-0.39, 0.29) is 0 Å². The van der Waals surface area contributed by atoms with E-state index in [1.54, 1.807) is 0 Å². The van der Waals surface area contributed by atoms with Gasteiger partial charge in [0.1, 0.15) is 0 Å². The molecule has 1 heterocycles. The van der Waals surface area contributed by atoms with Gasteiger partial charge in [0.15, 0.2) is 0 Å². The highest BCUT2D eigenvalue weighted by molar-refractivity contribution is 5.11. The van der Waals surface area contributed by atoms with Crippen molar-refractivity contribution < 1.29 is 0 Å². The predicted octanol–water partition coefficient (Wildman–Crippen LogP) is 1.68. The molecule has 1 radical (unpaired) electrons. The third kappa shape index (κ3) is 0.846. The van der Waals surface area contributed by atoms with Crippen molar-refractivity contribution in [2.75, 3.05) is 6.54 Å². The van der Waals surface area contributed by atoms with E-state index >= 15 is 0 Å². The lowest BCUT2D eigenvalue weighted by molar-refractivity contribution is 0.354. The second-order valence-corrected chi connectivity index (χ2v) is 2.93. The maximum Gasteiger partial charge on any atom is 0.0427 e. The summed E-state index contributed by atoms with van der Waals surface area (Å²) in [5.74, 6) is 0.868. The zero-order valence-corrected chi connectivity index (χ0v) is 5.64. The van der Waals surface area contributed by atoms with Crippen LogP contribution in [0.15, 0.2) is 11.8 Å². The first-order valence-electron chi connectivity index (χ1n) is 3.84. The van der Waals surface area contributed by atoms with Crippen LogP contribution in [0.4, 0.5) is 0 Å². The molecule has 0 aromatic rings. The van der Waals surface area contributed by atoms with Crippen LogP contribution in [0, 0.1) is 5.92 Å². The van der Waals surface area contributed by atoms with Gasteiger partial charge in [-0.15, -0.1) is 0 Å². The van der Waals surface area contributed by atoms with Crippen LogP contribution in [-0.2, 0) is 0 Å². The van der Waals surface area contributed by atoms with Gasteiger partial charge in [0.25, 0.3) is 0 Å². The lowest BCUT2D eigenvalue weighted by Gasteiger charge is -2.25. The van der Waals surface area contributed by atoms with Gasteiger partial charge in [0, 0.05) is 18.2 Å². The Morgan fingerprint density at radius 3 is 2.78 bits per heavy atom. The molecule has 49 valence electrons. The second-order valence-electron chi connectivity index (χ2n) is 2.93. The molecule has 0 unspecified atom stereocenters. The zero-order chi connectivity index (χ0) is 6.10. The Morgan fingerprint density at radius 2 is 2.33 bits per heavy atom. The van der Waals surface area contributed by atoms with Gasteiger partial charge in [-0.05, 0) is 19.3 Å². The van der Waals surface area contributed by atoms with Crippen molar-refractivity contribution in [2.24, 2.45) is 5.92 Å².